The number of rotatable bonds is 4. The zero-order valence-electron chi connectivity index (χ0n) is 7.64. The van der Waals surface area contributed by atoms with Crippen LogP contribution in [-0.2, 0) is 15.8 Å². The van der Waals surface area contributed by atoms with E-state index in [2.05, 4.69) is 14.5 Å². The molecule has 5 nitrogen and oxygen atoms in total. The van der Waals surface area contributed by atoms with Crippen LogP contribution < -0.4 is 4.89 Å². The summed E-state index contributed by atoms with van der Waals surface area (Å²) in [6.07, 6.45) is -4.44. The molecule has 16 heavy (non-hydrogen) atoms. The molecule has 0 radical (unpaired) electrons. The largest absolute Gasteiger partial charge is 0.703 e. The highest BCUT2D eigenvalue weighted by atomic mass is 19.4. The minimum Gasteiger partial charge on any atom is -0.398 e. The van der Waals surface area contributed by atoms with Crippen molar-refractivity contribution in [2.75, 3.05) is 0 Å². The Kier molecular flexibility index (Phi) is 4.13. The van der Waals surface area contributed by atoms with Gasteiger partial charge in [0.15, 0.2) is 5.75 Å². The summed E-state index contributed by atoms with van der Waals surface area (Å²) in [5.41, 5.74) is -0.848. The van der Waals surface area contributed by atoms with Crippen LogP contribution in [0.2, 0.25) is 0 Å². The molecule has 1 rings (SSSR count). The summed E-state index contributed by atoms with van der Waals surface area (Å²) in [5.74, 6) is -0.0934. The van der Waals surface area contributed by atoms with Crippen LogP contribution in [0.15, 0.2) is 24.3 Å². The summed E-state index contributed by atoms with van der Waals surface area (Å²) in [5, 5.41) is 16.4. The summed E-state index contributed by atoms with van der Waals surface area (Å²) < 4.78 is 36.4. The number of benzene rings is 1. The Bertz CT molecular complexity index is 328. The topological polar surface area (TPSA) is 68.2 Å². The Labute approximate surface area is 88.0 Å². The van der Waals surface area contributed by atoms with Gasteiger partial charge in [-0.15, -0.1) is 0 Å². The van der Waals surface area contributed by atoms with Crippen LogP contribution in [0.5, 0.6) is 5.75 Å². The maximum atomic E-state index is 12.1. The lowest BCUT2D eigenvalue weighted by Gasteiger charge is -2.08. The summed E-state index contributed by atoms with van der Waals surface area (Å²) >= 11 is 0. The number of halogens is 3. The molecule has 0 bridgehead atoms. The zero-order valence-corrected chi connectivity index (χ0v) is 7.64. The maximum Gasteiger partial charge on any atom is 0.703 e. The normalized spacial score (nSPS) is 11.3. The van der Waals surface area contributed by atoms with E-state index < -0.39 is 19.1 Å². The Hall–Kier alpha value is -1.29. The highest BCUT2D eigenvalue weighted by Crippen LogP contribution is 2.30. The van der Waals surface area contributed by atoms with E-state index in [1.807, 2.05) is 0 Å². The Balaban J connectivity index is 2.58. The van der Waals surface area contributed by atoms with Gasteiger partial charge in [-0.25, -0.2) is 4.81 Å². The van der Waals surface area contributed by atoms with Crippen molar-refractivity contribution in [1.82, 2.24) is 0 Å². The molecule has 9 heteroatoms. The number of hydrogen-bond donors (Lipinski definition) is 2. The molecule has 0 amide bonds. The average Bonchev–Trinajstić information content (AvgIpc) is 2.25. The molecule has 88 valence electrons. The van der Waals surface area contributed by atoms with Gasteiger partial charge in [-0.1, -0.05) is 0 Å². The molecule has 0 spiro atoms. The molecule has 0 aliphatic heterocycles. The molecule has 0 fully saturated rings. The van der Waals surface area contributed by atoms with Crippen LogP contribution in [0.4, 0.5) is 13.2 Å². The van der Waals surface area contributed by atoms with Crippen LogP contribution in [0.25, 0.3) is 0 Å². The molecule has 0 saturated carbocycles. The van der Waals surface area contributed by atoms with Gasteiger partial charge in [0.05, 0.1) is 5.56 Å². The van der Waals surface area contributed by atoms with Crippen molar-refractivity contribution in [3.05, 3.63) is 29.8 Å². The molecule has 1 aromatic carbocycles. The van der Waals surface area contributed by atoms with Crippen molar-refractivity contribution in [1.29, 1.82) is 0 Å². The van der Waals surface area contributed by atoms with Crippen molar-refractivity contribution in [3.63, 3.8) is 0 Å². The van der Waals surface area contributed by atoms with E-state index in [4.69, 9.17) is 10.3 Å². The highest BCUT2D eigenvalue weighted by Gasteiger charge is 2.30. The highest BCUT2D eigenvalue weighted by molar-refractivity contribution is 6.33. The standard InChI is InChI=1S/C7H6BF3O5/c9-7(10,11)5-1-3-6(4-2-5)14-16-8(12)15-13/h1-4,12-13H. The second-order valence-electron chi connectivity index (χ2n) is 2.61. The molecule has 0 heterocycles. The van der Waals surface area contributed by atoms with E-state index >= 15 is 0 Å². The fourth-order valence-electron chi connectivity index (χ4n) is 0.814. The van der Waals surface area contributed by atoms with Gasteiger partial charge in [-0.05, 0) is 24.3 Å². The molecule has 0 aromatic heterocycles. The van der Waals surface area contributed by atoms with Gasteiger partial charge < -0.3 is 9.91 Å². The smallest absolute Gasteiger partial charge is 0.398 e. The first-order chi connectivity index (χ1) is 7.43. The van der Waals surface area contributed by atoms with E-state index in [0.717, 1.165) is 24.3 Å². The van der Waals surface area contributed by atoms with Gasteiger partial charge in [0.1, 0.15) is 0 Å². The third kappa shape index (κ3) is 3.70. The van der Waals surface area contributed by atoms with Gasteiger partial charge >= 0.3 is 13.5 Å². The Morgan fingerprint density at radius 3 is 2.12 bits per heavy atom. The second-order valence-corrected chi connectivity index (χ2v) is 2.61. The monoisotopic (exact) mass is 238 g/mol. The molecule has 0 atom stereocenters. The first-order valence-corrected chi connectivity index (χ1v) is 3.92. The molecular formula is C7H6BF3O5. The first-order valence-electron chi connectivity index (χ1n) is 3.92. The first kappa shape index (κ1) is 12.8. The third-order valence-electron chi connectivity index (χ3n) is 1.50. The molecule has 0 aliphatic rings. The van der Waals surface area contributed by atoms with Crippen molar-refractivity contribution in [3.8, 4) is 5.75 Å². The van der Waals surface area contributed by atoms with E-state index in [1.54, 1.807) is 0 Å². The lowest BCUT2D eigenvalue weighted by Crippen LogP contribution is -2.22. The minimum atomic E-state index is -4.44. The quantitative estimate of drug-likeness (QED) is 0.472. The molecular weight excluding hydrogens is 232 g/mol. The van der Waals surface area contributed by atoms with Gasteiger partial charge in [0.25, 0.3) is 0 Å². The van der Waals surface area contributed by atoms with Crippen LogP contribution in [0.3, 0.4) is 0 Å². The predicted molar refractivity (Wildman–Crippen MR) is 44.8 cm³/mol. The predicted octanol–water partition coefficient (Wildman–Crippen LogP) is 1.48. The van der Waals surface area contributed by atoms with Crippen LogP contribution in [-0.4, -0.2) is 17.6 Å². The zero-order chi connectivity index (χ0) is 12.2. The van der Waals surface area contributed by atoms with Gasteiger partial charge in [-0.3, -0.25) is 5.26 Å². The van der Waals surface area contributed by atoms with E-state index in [1.165, 1.54) is 0 Å². The van der Waals surface area contributed by atoms with Gasteiger partial charge in [-0.2, -0.15) is 18.0 Å². The average molecular weight is 238 g/mol. The van der Waals surface area contributed by atoms with E-state index in [9.17, 15) is 13.2 Å². The molecule has 0 saturated heterocycles. The Morgan fingerprint density at radius 1 is 1.12 bits per heavy atom. The van der Waals surface area contributed by atoms with Crippen molar-refractivity contribution >= 4 is 7.32 Å². The minimum absolute atomic E-state index is 0.0934. The molecule has 2 N–H and O–H groups in total. The fourth-order valence-corrected chi connectivity index (χ4v) is 0.814. The summed E-state index contributed by atoms with van der Waals surface area (Å²) in [4.78, 5) is 11.6. The van der Waals surface area contributed by atoms with Crippen molar-refractivity contribution in [2.45, 2.75) is 6.18 Å². The number of hydrogen-bond acceptors (Lipinski definition) is 5. The summed E-state index contributed by atoms with van der Waals surface area (Å²) in [7, 11) is -2.04. The van der Waals surface area contributed by atoms with Gasteiger partial charge in [0.2, 0.25) is 0 Å². The second kappa shape index (κ2) is 5.17. The molecule has 1 aromatic rings. The van der Waals surface area contributed by atoms with Crippen LogP contribution in [0, 0.1) is 0 Å². The van der Waals surface area contributed by atoms with E-state index in [-0.39, 0.29) is 5.75 Å². The summed E-state index contributed by atoms with van der Waals surface area (Å²) in [6, 6.07) is 3.50. The van der Waals surface area contributed by atoms with Crippen molar-refractivity contribution < 1.29 is 38.0 Å². The fraction of sp³-hybridized carbons (Fsp3) is 0.143. The van der Waals surface area contributed by atoms with Crippen molar-refractivity contribution in [2.24, 2.45) is 0 Å². The van der Waals surface area contributed by atoms with E-state index in [0.29, 0.717) is 0 Å². The lowest BCUT2D eigenvalue weighted by atomic mass is 10.2. The molecule has 0 aliphatic carbocycles. The third-order valence-corrected chi connectivity index (χ3v) is 1.50. The molecule has 0 unspecified atom stereocenters. The Morgan fingerprint density at radius 2 is 1.69 bits per heavy atom. The van der Waals surface area contributed by atoms with Gasteiger partial charge in [0, 0.05) is 0 Å². The summed E-state index contributed by atoms with van der Waals surface area (Å²) in [6.45, 7) is 0. The number of alkyl halides is 3. The lowest BCUT2D eigenvalue weighted by molar-refractivity contribution is -0.229. The SMILES string of the molecule is OOB(O)OOc1ccc(C(F)(F)F)cc1. The van der Waals surface area contributed by atoms with Crippen LogP contribution >= 0.6 is 0 Å². The maximum absolute atomic E-state index is 12.1. The van der Waals surface area contributed by atoms with Crippen LogP contribution in [0.1, 0.15) is 5.56 Å².